The Morgan fingerprint density at radius 1 is 1.06 bits per heavy atom. The molecule has 0 saturated carbocycles. The molecule has 3 aromatic rings. The molecule has 36 heavy (non-hydrogen) atoms. The lowest BCUT2D eigenvalue weighted by Crippen LogP contribution is -2.30. The Morgan fingerprint density at radius 3 is 2.31 bits per heavy atom. The fourth-order valence-corrected chi connectivity index (χ4v) is 3.76. The van der Waals surface area contributed by atoms with Crippen molar-refractivity contribution < 1.29 is 19.2 Å². The molecule has 1 amide bonds. The van der Waals surface area contributed by atoms with Crippen molar-refractivity contribution in [1.82, 2.24) is 15.5 Å². The third kappa shape index (κ3) is 7.41. The number of rotatable bonds is 11. The predicted molar refractivity (Wildman–Crippen MR) is 140 cm³/mol. The Hall–Kier alpha value is -3.68. The second-order valence-electron chi connectivity index (χ2n) is 10.2. The van der Waals surface area contributed by atoms with E-state index in [0.717, 1.165) is 17.7 Å². The van der Waals surface area contributed by atoms with Gasteiger partial charge in [-0.05, 0) is 53.3 Å². The standard InChI is InChI=1S/C28H36N4O4/c1-6-18(2)23(30-22-13-9-19(10-14-22)26(35)29-16-15-25(33)34)17-24-31-27(36-32-24)20-7-11-21(12-8-20)28(3,4)5/h7-14,18,23,30H,6,15-17H2,1-5H3,(H,29,35)(H,33,34)/t18?,23-/m1/s1. The Balaban J connectivity index is 1.66. The molecule has 0 spiro atoms. The number of benzene rings is 2. The van der Waals surface area contributed by atoms with Crippen molar-refractivity contribution in [3.63, 3.8) is 0 Å². The monoisotopic (exact) mass is 492 g/mol. The van der Waals surface area contributed by atoms with Crippen molar-refractivity contribution in [3.05, 3.63) is 65.5 Å². The van der Waals surface area contributed by atoms with Crippen LogP contribution in [0.4, 0.5) is 5.69 Å². The summed E-state index contributed by atoms with van der Waals surface area (Å²) in [7, 11) is 0. The molecule has 2 aromatic carbocycles. The summed E-state index contributed by atoms with van der Waals surface area (Å²) in [6.07, 6.45) is 1.46. The average molecular weight is 493 g/mol. The van der Waals surface area contributed by atoms with Crippen LogP contribution in [0.3, 0.4) is 0 Å². The zero-order valence-electron chi connectivity index (χ0n) is 21.7. The van der Waals surface area contributed by atoms with E-state index in [-0.39, 0.29) is 30.3 Å². The second-order valence-corrected chi connectivity index (χ2v) is 10.2. The number of carbonyl (C=O) groups excluding carboxylic acids is 1. The second kappa shape index (κ2) is 11.8. The van der Waals surface area contributed by atoms with E-state index in [0.29, 0.717) is 29.6 Å². The first-order valence-electron chi connectivity index (χ1n) is 12.4. The fraction of sp³-hybridized carbons (Fsp3) is 0.429. The highest BCUT2D eigenvalue weighted by Gasteiger charge is 2.21. The lowest BCUT2D eigenvalue weighted by molar-refractivity contribution is -0.136. The number of aliphatic carboxylic acids is 1. The van der Waals surface area contributed by atoms with Crippen LogP contribution in [0, 0.1) is 5.92 Å². The maximum absolute atomic E-state index is 12.2. The van der Waals surface area contributed by atoms with Gasteiger partial charge in [0.25, 0.3) is 11.8 Å². The van der Waals surface area contributed by atoms with Gasteiger partial charge in [-0.1, -0.05) is 58.3 Å². The van der Waals surface area contributed by atoms with E-state index >= 15 is 0 Å². The van der Waals surface area contributed by atoms with Crippen LogP contribution in [-0.2, 0) is 16.6 Å². The van der Waals surface area contributed by atoms with E-state index < -0.39 is 5.97 Å². The lowest BCUT2D eigenvalue weighted by Gasteiger charge is -2.24. The summed E-state index contributed by atoms with van der Waals surface area (Å²) >= 11 is 0. The number of hydrogen-bond acceptors (Lipinski definition) is 6. The smallest absolute Gasteiger partial charge is 0.305 e. The van der Waals surface area contributed by atoms with E-state index in [1.165, 1.54) is 5.56 Å². The summed E-state index contributed by atoms with van der Waals surface area (Å²) < 4.78 is 5.56. The highest BCUT2D eigenvalue weighted by atomic mass is 16.5. The summed E-state index contributed by atoms with van der Waals surface area (Å²) in [5.74, 6) is 0.245. The fourth-order valence-electron chi connectivity index (χ4n) is 3.76. The number of hydrogen-bond donors (Lipinski definition) is 3. The zero-order valence-corrected chi connectivity index (χ0v) is 21.7. The van der Waals surface area contributed by atoms with E-state index in [1.54, 1.807) is 12.1 Å². The van der Waals surface area contributed by atoms with Gasteiger partial charge in [0.2, 0.25) is 0 Å². The van der Waals surface area contributed by atoms with Crippen LogP contribution < -0.4 is 10.6 Å². The Morgan fingerprint density at radius 2 is 1.72 bits per heavy atom. The van der Waals surface area contributed by atoms with Crippen molar-refractivity contribution in [2.45, 2.75) is 65.3 Å². The first-order chi connectivity index (χ1) is 17.1. The zero-order chi connectivity index (χ0) is 26.3. The molecule has 8 heteroatoms. The SMILES string of the molecule is CCC(C)[C@@H](Cc1noc(-c2ccc(C(C)(C)C)cc2)n1)Nc1ccc(C(=O)NCCC(=O)O)cc1. The molecule has 0 bridgehead atoms. The predicted octanol–water partition coefficient (Wildman–Crippen LogP) is 5.31. The quantitative estimate of drug-likeness (QED) is 0.332. The Labute approximate surface area is 212 Å². The molecule has 2 atom stereocenters. The molecule has 192 valence electrons. The third-order valence-electron chi connectivity index (χ3n) is 6.32. The van der Waals surface area contributed by atoms with Crippen molar-refractivity contribution >= 4 is 17.6 Å². The molecule has 3 N–H and O–H groups in total. The molecule has 0 aliphatic carbocycles. The van der Waals surface area contributed by atoms with Gasteiger partial charge in [-0.15, -0.1) is 0 Å². The van der Waals surface area contributed by atoms with Crippen molar-refractivity contribution in [2.75, 3.05) is 11.9 Å². The van der Waals surface area contributed by atoms with Gasteiger partial charge in [0.05, 0.1) is 6.42 Å². The molecule has 0 radical (unpaired) electrons. The number of nitrogens with one attached hydrogen (secondary N) is 2. The third-order valence-corrected chi connectivity index (χ3v) is 6.32. The van der Waals surface area contributed by atoms with Gasteiger partial charge in [-0.25, -0.2) is 0 Å². The summed E-state index contributed by atoms with van der Waals surface area (Å²) in [5, 5.41) is 19.1. The highest BCUT2D eigenvalue weighted by molar-refractivity contribution is 5.94. The average Bonchev–Trinajstić information content (AvgIpc) is 3.31. The molecule has 3 rings (SSSR count). The van der Waals surface area contributed by atoms with Gasteiger partial charge < -0.3 is 20.3 Å². The van der Waals surface area contributed by atoms with Crippen LogP contribution in [0.5, 0.6) is 0 Å². The summed E-state index contributed by atoms with van der Waals surface area (Å²) in [6, 6.07) is 15.4. The van der Waals surface area contributed by atoms with Gasteiger partial charge in [0.1, 0.15) is 0 Å². The van der Waals surface area contributed by atoms with Gasteiger partial charge in [-0.3, -0.25) is 9.59 Å². The number of carbonyl (C=O) groups is 2. The minimum atomic E-state index is -0.946. The first-order valence-corrected chi connectivity index (χ1v) is 12.4. The summed E-state index contributed by atoms with van der Waals surface area (Å²) in [6.45, 7) is 11.0. The normalized spacial score (nSPS) is 13.1. The first kappa shape index (κ1) is 26.9. The van der Waals surface area contributed by atoms with Crippen LogP contribution in [0.15, 0.2) is 53.1 Å². The molecule has 1 aromatic heterocycles. The largest absolute Gasteiger partial charge is 0.481 e. The van der Waals surface area contributed by atoms with Crippen molar-refractivity contribution in [2.24, 2.45) is 5.92 Å². The number of amides is 1. The van der Waals surface area contributed by atoms with Crippen molar-refractivity contribution in [3.8, 4) is 11.5 Å². The number of anilines is 1. The Bertz CT molecular complexity index is 1150. The van der Waals surface area contributed by atoms with Crippen LogP contribution in [0.25, 0.3) is 11.5 Å². The molecular formula is C28H36N4O4. The van der Waals surface area contributed by atoms with E-state index in [4.69, 9.17) is 9.63 Å². The van der Waals surface area contributed by atoms with E-state index in [1.807, 2.05) is 24.3 Å². The molecule has 0 fully saturated rings. The summed E-state index contributed by atoms with van der Waals surface area (Å²) in [4.78, 5) is 27.4. The topological polar surface area (TPSA) is 117 Å². The molecular weight excluding hydrogens is 456 g/mol. The lowest BCUT2D eigenvalue weighted by atomic mass is 9.87. The minimum Gasteiger partial charge on any atom is -0.481 e. The van der Waals surface area contributed by atoms with Crippen LogP contribution in [-0.4, -0.2) is 39.7 Å². The molecule has 1 heterocycles. The maximum Gasteiger partial charge on any atom is 0.305 e. The van der Waals surface area contributed by atoms with Crippen LogP contribution >= 0.6 is 0 Å². The molecule has 1 unspecified atom stereocenters. The van der Waals surface area contributed by atoms with Crippen LogP contribution in [0.2, 0.25) is 0 Å². The molecule has 0 saturated heterocycles. The Kier molecular flexibility index (Phi) is 8.85. The van der Waals surface area contributed by atoms with E-state index in [9.17, 15) is 9.59 Å². The minimum absolute atomic E-state index is 0.0685. The maximum atomic E-state index is 12.2. The number of carboxylic acid groups (broad SMARTS) is 1. The van der Waals surface area contributed by atoms with Gasteiger partial charge >= 0.3 is 5.97 Å². The van der Waals surface area contributed by atoms with E-state index in [2.05, 4.69) is 67.5 Å². The van der Waals surface area contributed by atoms with Crippen molar-refractivity contribution in [1.29, 1.82) is 0 Å². The molecule has 0 aliphatic heterocycles. The molecule has 0 aliphatic rings. The molecule has 8 nitrogen and oxygen atoms in total. The number of nitrogens with zero attached hydrogens (tertiary/aromatic N) is 2. The van der Waals surface area contributed by atoms with Gasteiger partial charge in [-0.2, -0.15) is 4.98 Å². The highest BCUT2D eigenvalue weighted by Crippen LogP contribution is 2.26. The number of aromatic nitrogens is 2. The summed E-state index contributed by atoms with van der Waals surface area (Å²) in [5.41, 5.74) is 3.58. The van der Waals surface area contributed by atoms with Gasteiger partial charge in [0, 0.05) is 35.8 Å². The van der Waals surface area contributed by atoms with Crippen LogP contribution in [0.1, 0.15) is 69.2 Å². The number of carboxylic acids is 1. The van der Waals surface area contributed by atoms with Gasteiger partial charge in [0.15, 0.2) is 5.82 Å².